The second-order valence-electron chi connectivity index (χ2n) is 7.96. The van der Waals surface area contributed by atoms with Gasteiger partial charge in [0.05, 0.1) is 30.1 Å². The van der Waals surface area contributed by atoms with Crippen LogP contribution in [0.5, 0.6) is 5.75 Å². The molecule has 0 radical (unpaired) electrons. The number of carbonyl (C=O) groups is 1. The summed E-state index contributed by atoms with van der Waals surface area (Å²) >= 11 is 6.21. The van der Waals surface area contributed by atoms with E-state index >= 15 is 0 Å². The molecule has 0 saturated carbocycles. The number of aliphatic carboxylic acids is 1. The van der Waals surface area contributed by atoms with Crippen LogP contribution >= 0.6 is 11.6 Å². The van der Waals surface area contributed by atoms with E-state index in [9.17, 15) is 9.90 Å². The Bertz CT molecular complexity index is 1240. The van der Waals surface area contributed by atoms with Crippen molar-refractivity contribution in [2.24, 2.45) is 5.92 Å². The fourth-order valence-corrected chi connectivity index (χ4v) is 4.05. The average Bonchev–Trinajstić information content (AvgIpc) is 3.11. The number of methoxy groups -OCH3 is 1. The van der Waals surface area contributed by atoms with E-state index in [0.29, 0.717) is 22.7 Å². The molecule has 168 valence electrons. The van der Waals surface area contributed by atoms with Crippen LogP contribution in [-0.4, -0.2) is 28.0 Å². The molecule has 2 aromatic carbocycles. The molecule has 1 aliphatic carbocycles. The predicted molar refractivity (Wildman–Crippen MR) is 131 cm³/mol. The minimum absolute atomic E-state index is 0.254. The van der Waals surface area contributed by atoms with Crippen molar-refractivity contribution < 1.29 is 14.6 Å². The molecule has 5 nitrogen and oxygen atoms in total. The first-order chi connectivity index (χ1) is 15.9. The summed E-state index contributed by atoms with van der Waals surface area (Å²) in [6.07, 6.45) is 8.23. The summed E-state index contributed by atoms with van der Waals surface area (Å²) in [5.41, 5.74) is 5.31. The van der Waals surface area contributed by atoms with Crippen LogP contribution in [0.15, 0.2) is 89.5 Å². The maximum atomic E-state index is 12.2. The lowest BCUT2D eigenvalue weighted by atomic mass is 9.93. The number of allylic oxidation sites excluding steroid dienone is 5. The molecule has 1 atom stereocenters. The Morgan fingerprint density at radius 3 is 2.58 bits per heavy atom. The topological polar surface area (TPSA) is 64.4 Å². The van der Waals surface area contributed by atoms with E-state index in [0.717, 1.165) is 28.3 Å². The fourth-order valence-electron chi connectivity index (χ4n) is 3.83. The Morgan fingerprint density at radius 1 is 1.18 bits per heavy atom. The molecule has 0 aliphatic heterocycles. The fraction of sp³-hybridized carbons (Fsp3) is 0.185. The van der Waals surface area contributed by atoms with Gasteiger partial charge < -0.3 is 9.84 Å². The Morgan fingerprint density at radius 2 is 1.91 bits per heavy atom. The smallest absolute Gasteiger partial charge is 0.311 e. The largest absolute Gasteiger partial charge is 0.497 e. The Kier molecular flexibility index (Phi) is 6.80. The summed E-state index contributed by atoms with van der Waals surface area (Å²) in [5, 5.41) is 15.3. The molecule has 33 heavy (non-hydrogen) atoms. The monoisotopic (exact) mass is 460 g/mol. The maximum Gasteiger partial charge on any atom is 0.311 e. The van der Waals surface area contributed by atoms with Crippen LogP contribution in [0.2, 0.25) is 0 Å². The molecule has 0 bridgehead atoms. The number of carboxylic acid groups (broad SMARTS) is 1. The van der Waals surface area contributed by atoms with Gasteiger partial charge in [-0.15, -0.1) is 0 Å². The number of ether oxygens (including phenoxy) is 1. The van der Waals surface area contributed by atoms with Crippen molar-refractivity contribution in [1.29, 1.82) is 0 Å². The van der Waals surface area contributed by atoms with Gasteiger partial charge in [0.2, 0.25) is 0 Å². The summed E-state index contributed by atoms with van der Waals surface area (Å²) < 4.78 is 7.13. The average molecular weight is 461 g/mol. The van der Waals surface area contributed by atoms with E-state index in [-0.39, 0.29) is 6.42 Å². The van der Waals surface area contributed by atoms with Gasteiger partial charge in [-0.05, 0) is 61.4 Å². The molecular weight excluding hydrogens is 436 g/mol. The van der Waals surface area contributed by atoms with Crippen molar-refractivity contribution in [3.8, 4) is 22.7 Å². The van der Waals surface area contributed by atoms with Crippen molar-refractivity contribution in [2.75, 3.05) is 7.11 Å². The lowest BCUT2D eigenvalue weighted by Crippen LogP contribution is -2.19. The van der Waals surface area contributed by atoms with Gasteiger partial charge in [-0.3, -0.25) is 4.79 Å². The number of hydrogen-bond acceptors (Lipinski definition) is 3. The van der Waals surface area contributed by atoms with Crippen LogP contribution in [0.1, 0.15) is 17.7 Å². The molecule has 3 aromatic rings. The van der Waals surface area contributed by atoms with Gasteiger partial charge >= 0.3 is 5.97 Å². The molecule has 0 fully saturated rings. The molecule has 0 amide bonds. The predicted octanol–water partition coefficient (Wildman–Crippen LogP) is 6.11. The third-order valence-corrected chi connectivity index (χ3v) is 5.84. The number of benzene rings is 2. The molecule has 1 aliphatic rings. The highest BCUT2D eigenvalue weighted by Gasteiger charge is 2.24. The van der Waals surface area contributed by atoms with Crippen LogP contribution in [0.3, 0.4) is 0 Å². The normalized spacial score (nSPS) is 14.3. The van der Waals surface area contributed by atoms with Gasteiger partial charge in [0.1, 0.15) is 5.75 Å². The first-order valence-electron chi connectivity index (χ1n) is 10.7. The summed E-state index contributed by atoms with van der Waals surface area (Å²) in [7, 11) is 1.63. The number of rotatable bonds is 7. The van der Waals surface area contributed by atoms with Crippen LogP contribution in [-0.2, 0) is 11.2 Å². The van der Waals surface area contributed by atoms with Crippen molar-refractivity contribution in [2.45, 2.75) is 19.8 Å². The van der Waals surface area contributed by atoms with E-state index < -0.39 is 11.9 Å². The second kappa shape index (κ2) is 9.92. The third-order valence-electron chi connectivity index (χ3n) is 5.61. The van der Waals surface area contributed by atoms with E-state index in [1.54, 1.807) is 19.3 Å². The lowest BCUT2D eigenvalue weighted by molar-refractivity contribution is -0.140. The van der Waals surface area contributed by atoms with Crippen molar-refractivity contribution in [3.63, 3.8) is 0 Å². The van der Waals surface area contributed by atoms with Crippen molar-refractivity contribution >= 4 is 17.6 Å². The molecule has 0 spiro atoms. The van der Waals surface area contributed by atoms with E-state index in [1.807, 2.05) is 66.2 Å². The highest BCUT2D eigenvalue weighted by molar-refractivity contribution is 6.31. The summed E-state index contributed by atoms with van der Waals surface area (Å²) in [4.78, 5) is 12.2. The minimum Gasteiger partial charge on any atom is -0.497 e. The number of halogens is 1. The second-order valence-corrected chi connectivity index (χ2v) is 8.40. The van der Waals surface area contributed by atoms with Gasteiger partial charge in [-0.2, -0.15) is 5.10 Å². The van der Waals surface area contributed by atoms with Crippen LogP contribution in [0.25, 0.3) is 16.9 Å². The molecule has 6 heteroatoms. The Balaban J connectivity index is 1.75. The summed E-state index contributed by atoms with van der Waals surface area (Å²) in [6.45, 7) is 2.04. The summed E-state index contributed by atoms with van der Waals surface area (Å²) in [6, 6.07) is 17.8. The SMILES string of the molecule is COc1ccc(-n2nc(CC(C(=O)O)C3=CCC=CC(Cl)=C3)cc2-c2ccc(C)cc2)cc1. The molecule has 0 saturated heterocycles. The van der Waals surface area contributed by atoms with Gasteiger partial charge in [0.25, 0.3) is 0 Å². The summed E-state index contributed by atoms with van der Waals surface area (Å²) in [5.74, 6) is -0.894. The van der Waals surface area contributed by atoms with Crippen LogP contribution in [0, 0.1) is 12.8 Å². The molecule has 1 aromatic heterocycles. The molecule has 4 rings (SSSR count). The van der Waals surface area contributed by atoms with Gasteiger partial charge in [-0.1, -0.05) is 53.6 Å². The number of aromatic nitrogens is 2. The zero-order valence-electron chi connectivity index (χ0n) is 18.5. The van der Waals surface area contributed by atoms with Crippen molar-refractivity contribution in [3.05, 3.63) is 101 Å². The number of hydrogen-bond donors (Lipinski definition) is 1. The van der Waals surface area contributed by atoms with Crippen molar-refractivity contribution in [1.82, 2.24) is 9.78 Å². The Labute approximate surface area is 198 Å². The standard InChI is InChI=1S/C27H25ClN2O3/c1-18-7-9-19(10-8-18)26-17-22(29-30(26)23-11-13-24(33-2)14-12-23)16-25(27(31)32)20-5-3-4-6-21(28)15-20/h4-15,17,25H,3,16H2,1-2H3,(H,31,32). The molecule has 1 N–H and O–H groups in total. The highest BCUT2D eigenvalue weighted by Crippen LogP contribution is 2.29. The van der Waals surface area contributed by atoms with Crippen LogP contribution < -0.4 is 4.74 Å². The van der Waals surface area contributed by atoms with E-state index in [4.69, 9.17) is 21.4 Å². The maximum absolute atomic E-state index is 12.2. The number of nitrogens with zero attached hydrogens (tertiary/aromatic N) is 2. The van der Waals surface area contributed by atoms with Gasteiger partial charge in [-0.25, -0.2) is 4.68 Å². The third kappa shape index (κ3) is 5.26. The highest BCUT2D eigenvalue weighted by atomic mass is 35.5. The minimum atomic E-state index is -0.903. The van der Waals surface area contributed by atoms with Crippen LogP contribution in [0.4, 0.5) is 0 Å². The van der Waals surface area contributed by atoms with E-state index in [1.165, 1.54) is 0 Å². The first kappa shape index (κ1) is 22.6. The molecule has 1 unspecified atom stereocenters. The first-order valence-corrected chi connectivity index (χ1v) is 11.1. The lowest BCUT2D eigenvalue weighted by Gasteiger charge is -2.12. The molecular formula is C27H25ClN2O3. The van der Waals surface area contributed by atoms with E-state index in [2.05, 4.69) is 12.1 Å². The Hall–Kier alpha value is -3.57. The molecule has 1 heterocycles. The van der Waals surface area contributed by atoms with Gasteiger partial charge in [0, 0.05) is 17.0 Å². The number of carboxylic acids is 1. The zero-order chi connectivity index (χ0) is 23.4. The zero-order valence-corrected chi connectivity index (χ0v) is 19.3. The number of aryl methyl sites for hydroxylation is 1. The quantitative estimate of drug-likeness (QED) is 0.462. The van der Waals surface area contributed by atoms with Gasteiger partial charge in [0.15, 0.2) is 0 Å².